The first-order valence-electron chi connectivity index (χ1n) is 25.1. The molecule has 2 rings (SSSR count). The molecule has 0 aromatic heterocycles. The fourth-order valence-electron chi connectivity index (χ4n) is 7.51. The average molecular weight is 1030 g/mol. The highest BCUT2D eigenvalue weighted by atomic mass is 16.2. The summed E-state index contributed by atoms with van der Waals surface area (Å²) >= 11 is 0. The van der Waals surface area contributed by atoms with Gasteiger partial charge in [0, 0.05) is 33.0 Å². The molecule has 0 aliphatic rings. The number of nitrogens with one attached hydrogen (secondary N) is 8. The molecule has 0 saturated heterocycles. The van der Waals surface area contributed by atoms with Gasteiger partial charge in [-0.1, -0.05) is 88.4 Å². The Kier molecular flexibility index (Phi) is 28.1. The van der Waals surface area contributed by atoms with E-state index in [9.17, 15) is 43.2 Å². The van der Waals surface area contributed by atoms with Crippen LogP contribution in [0.25, 0.3) is 0 Å². The molecule has 0 unspecified atom stereocenters. The van der Waals surface area contributed by atoms with Crippen LogP contribution >= 0.6 is 0 Å². The second-order valence-corrected chi connectivity index (χ2v) is 18.9. The molecular weight excluding hydrogens is 953 g/mol. The van der Waals surface area contributed by atoms with Gasteiger partial charge >= 0.3 is 0 Å². The van der Waals surface area contributed by atoms with Gasteiger partial charge < -0.3 is 65.5 Å². The van der Waals surface area contributed by atoms with Crippen molar-refractivity contribution in [3.05, 3.63) is 71.8 Å². The van der Waals surface area contributed by atoms with E-state index in [1.165, 1.54) is 26.3 Å². The van der Waals surface area contributed by atoms with Gasteiger partial charge in [-0.15, -0.1) is 0 Å². The molecule has 23 nitrogen and oxygen atoms in total. The van der Waals surface area contributed by atoms with E-state index < -0.39 is 101 Å². The minimum absolute atomic E-state index is 0.0184. The molecule has 2 aromatic rings. The molecule has 16 N–H and O–H groups in total. The maximum Gasteiger partial charge on any atom is 0.289 e. The Hall–Kier alpha value is -7.59. The predicted octanol–water partition coefficient (Wildman–Crippen LogP) is -0.800. The number of rotatable bonds is 33. The summed E-state index contributed by atoms with van der Waals surface area (Å²) in [5, 5.41) is 21.1. The number of benzene rings is 2. The van der Waals surface area contributed by atoms with Crippen molar-refractivity contribution in [2.45, 2.75) is 149 Å². The van der Waals surface area contributed by atoms with Crippen LogP contribution in [0.1, 0.15) is 105 Å². The summed E-state index contributed by atoms with van der Waals surface area (Å²) < 4.78 is 0. The first-order valence-corrected chi connectivity index (χ1v) is 25.1. The standard InChI is InChI=1S/C51H80N14O9/c1-30(2)28-39(46(71)59-32(5)42(67)49(74)56-25-15-14-20-35-18-10-8-11-19-35)63-47(72)40(29-36-21-12-9-13-22-36)64-48(73)41(31(3)4)65-43(68)33(6)60-44(69)38(24-17-27-58-51(54)55)62-45(70)37(61-34(7)66)23-16-26-57-50(52)53/h8-13,18-19,21-22,30-33,37-41H,14-17,20,23-29H2,1-7H3,(H,56,74)(H,59,71)(H,60,69)(H,61,66)(H,62,70)(H,63,72)(H,64,73)(H,65,68)(H4,52,53,57)(H4,54,55,58)/t32-,33-,37-,38-,39-,40-,41-/m0/s1. The third-order valence-corrected chi connectivity index (χ3v) is 11.5. The Morgan fingerprint density at radius 3 is 1.50 bits per heavy atom. The molecule has 408 valence electrons. The van der Waals surface area contributed by atoms with E-state index in [0.717, 1.165) is 12.8 Å². The third kappa shape index (κ3) is 24.7. The number of nitrogens with two attached hydrogens (primary N) is 4. The van der Waals surface area contributed by atoms with Gasteiger partial charge in [-0.3, -0.25) is 53.1 Å². The van der Waals surface area contributed by atoms with E-state index in [1.807, 2.05) is 44.2 Å². The highest BCUT2D eigenvalue weighted by Crippen LogP contribution is 2.12. The van der Waals surface area contributed by atoms with Crippen LogP contribution in [0.15, 0.2) is 70.6 Å². The van der Waals surface area contributed by atoms with Crippen molar-refractivity contribution in [2.75, 3.05) is 19.6 Å². The molecule has 0 heterocycles. The second-order valence-electron chi connectivity index (χ2n) is 18.9. The Labute approximate surface area is 434 Å². The zero-order valence-electron chi connectivity index (χ0n) is 43.8. The van der Waals surface area contributed by atoms with Crippen LogP contribution in [0.4, 0.5) is 0 Å². The van der Waals surface area contributed by atoms with Gasteiger partial charge in [0.15, 0.2) is 11.9 Å². The number of amides is 8. The molecule has 7 atom stereocenters. The van der Waals surface area contributed by atoms with Crippen molar-refractivity contribution in [2.24, 2.45) is 44.8 Å². The first kappa shape index (κ1) is 62.5. The van der Waals surface area contributed by atoms with Crippen LogP contribution in [0.3, 0.4) is 0 Å². The topological polar surface area (TPSA) is 379 Å². The fraction of sp³-hybridized carbons (Fsp3) is 0.549. The number of aliphatic imine (C=N–C) groups is 2. The van der Waals surface area contributed by atoms with E-state index >= 15 is 0 Å². The van der Waals surface area contributed by atoms with Crippen LogP contribution < -0.4 is 65.5 Å². The number of carbonyl (C=O) groups excluding carboxylic acids is 9. The second kappa shape index (κ2) is 33.2. The van der Waals surface area contributed by atoms with Crippen LogP contribution in [-0.2, 0) is 56.0 Å². The molecule has 74 heavy (non-hydrogen) atoms. The molecule has 8 amide bonds. The average Bonchev–Trinajstić information content (AvgIpc) is 3.33. The Morgan fingerprint density at radius 2 is 0.973 bits per heavy atom. The highest BCUT2D eigenvalue weighted by Gasteiger charge is 2.34. The van der Waals surface area contributed by atoms with E-state index in [-0.39, 0.29) is 69.6 Å². The van der Waals surface area contributed by atoms with Crippen LogP contribution in [-0.4, -0.2) is 127 Å². The molecule has 23 heteroatoms. The minimum Gasteiger partial charge on any atom is -0.370 e. The zero-order valence-corrected chi connectivity index (χ0v) is 43.8. The molecule has 0 radical (unpaired) electrons. The van der Waals surface area contributed by atoms with E-state index in [2.05, 4.69) is 52.5 Å². The summed E-state index contributed by atoms with van der Waals surface area (Å²) in [6.07, 6.45) is 3.08. The van der Waals surface area contributed by atoms with Gasteiger partial charge in [-0.2, -0.15) is 0 Å². The first-order chi connectivity index (χ1) is 35.0. The van der Waals surface area contributed by atoms with Gasteiger partial charge in [0.1, 0.15) is 36.3 Å². The number of hydrogen-bond donors (Lipinski definition) is 12. The lowest BCUT2D eigenvalue weighted by Crippen LogP contribution is -2.60. The Balaban J connectivity index is 2.22. The van der Waals surface area contributed by atoms with Crippen LogP contribution in [0, 0.1) is 11.8 Å². The monoisotopic (exact) mass is 1030 g/mol. The normalized spacial score (nSPS) is 13.7. The van der Waals surface area contributed by atoms with E-state index in [0.29, 0.717) is 18.4 Å². The molecule has 0 bridgehead atoms. The Morgan fingerprint density at radius 1 is 0.500 bits per heavy atom. The van der Waals surface area contributed by atoms with Crippen molar-refractivity contribution >= 4 is 65.0 Å². The largest absolute Gasteiger partial charge is 0.370 e. The lowest BCUT2D eigenvalue weighted by molar-refractivity contribution is -0.140. The lowest BCUT2D eigenvalue weighted by Gasteiger charge is -2.28. The number of guanidine groups is 2. The van der Waals surface area contributed by atoms with Gasteiger partial charge in [-0.05, 0) is 88.2 Å². The molecule has 0 aliphatic heterocycles. The summed E-state index contributed by atoms with van der Waals surface area (Å²) in [6.45, 7) is 11.6. The summed E-state index contributed by atoms with van der Waals surface area (Å²) in [5.41, 5.74) is 23.5. The van der Waals surface area contributed by atoms with Gasteiger partial charge in [-0.25, -0.2) is 0 Å². The molecular formula is C51H80N14O9. The molecule has 2 aromatic carbocycles. The number of ketones is 1. The highest BCUT2D eigenvalue weighted by molar-refractivity contribution is 6.38. The van der Waals surface area contributed by atoms with Gasteiger partial charge in [0.05, 0.1) is 6.04 Å². The van der Waals surface area contributed by atoms with Crippen molar-refractivity contribution in [1.82, 2.24) is 42.5 Å². The number of aryl methyl sites for hydroxylation is 1. The number of unbranched alkanes of at least 4 members (excludes halogenated alkanes) is 1. The Bertz CT molecular complexity index is 2220. The van der Waals surface area contributed by atoms with Gasteiger partial charge in [0.2, 0.25) is 47.1 Å². The summed E-state index contributed by atoms with van der Waals surface area (Å²) in [6, 6.07) is 10.2. The number of hydrogen-bond acceptors (Lipinski definition) is 11. The van der Waals surface area contributed by atoms with Crippen molar-refractivity contribution < 1.29 is 43.2 Å². The molecule has 0 spiro atoms. The van der Waals surface area contributed by atoms with Gasteiger partial charge in [0.25, 0.3) is 5.91 Å². The number of carbonyl (C=O) groups is 9. The molecule has 0 saturated carbocycles. The summed E-state index contributed by atoms with van der Waals surface area (Å²) in [4.78, 5) is 129. The minimum atomic E-state index is -1.27. The number of nitrogens with zero attached hydrogens (tertiary/aromatic N) is 2. The SMILES string of the molecule is CC(=O)N[C@@H](CCCN=C(N)N)C(=O)N[C@@H](CCCN=C(N)N)C(=O)N[C@@H](C)C(=O)N[C@H](C(=O)N[C@@H](Cc1ccccc1)C(=O)N[C@@H](CC(C)C)C(=O)N[C@@H](C)C(=O)C(=O)NCCCCc1ccccc1)C(C)C. The number of Topliss-reactive ketones (excluding diaryl/α,β-unsaturated/α-hetero) is 1. The van der Waals surface area contributed by atoms with Crippen molar-refractivity contribution in [3.63, 3.8) is 0 Å². The van der Waals surface area contributed by atoms with Crippen LogP contribution in [0.5, 0.6) is 0 Å². The summed E-state index contributed by atoms with van der Waals surface area (Å²) in [5.74, 6) is -7.58. The molecule has 0 aliphatic carbocycles. The molecule has 0 fully saturated rings. The fourth-order valence-corrected chi connectivity index (χ4v) is 7.51. The lowest BCUT2D eigenvalue weighted by atomic mass is 9.99. The van der Waals surface area contributed by atoms with Crippen molar-refractivity contribution in [1.29, 1.82) is 0 Å². The third-order valence-electron chi connectivity index (χ3n) is 11.5. The maximum atomic E-state index is 14.2. The summed E-state index contributed by atoms with van der Waals surface area (Å²) in [7, 11) is 0. The maximum absolute atomic E-state index is 14.2. The quantitative estimate of drug-likeness (QED) is 0.0181. The van der Waals surface area contributed by atoms with E-state index in [1.54, 1.807) is 44.2 Å². The predicted molar refractivity (Wildman–Crippen MR) is 282 cm³/mol. The van der Waals surface area contributed by atoms with Crippen LogP contribution in [0.2, 0.25) is 0 Å². The smallest absolute Gasteiger partial charge is 0.289 e. The van der Waals surface area contributed by atoms with Crippen molar-refractivity contribution in [3.8, 4) is 0 Å². The van der Waals surface area contributed by atoms with E-state index in [4.69, 9.17) is 22.9 Å². The zero-order chi connectivity index (χ0) is 55.3.